The van der Waals surface area contributed by atoms with Gasteiger partial charge in [0.1, 0.15) is 12.0 Å². The first-order chi connectivity index (χ1) is 6.79. The molecule has 2 aromatic rings. The first kappa shape index (κ1) is 9.02. The maximum atomic E-state index is 5.41. The normalized spacial score (nSPS) is 10.7. The first-order valence-electron chi connectivity index (χ1n) is 4.51. The van der Waals surface area contributed by atoms with E-state index in [1.54, 1.807) is 6.26 Å². The van der Waals surface area contributed by atoms with Gasteiger partial charge >= 0.3 is 0 Å². The molecule has 0 aliphatic rings. The number of aryl methyl sites for hydroxylation is 1. The molecule has 0 unspecified atom stereocenters. The zero-order valence-electron chi connectivity index (χ0n) is 7.99. The molecule has 4 nitrogen and oxygen atoms in total. The Morgan fingerprint density at radius 1 is 1.43 bits per heavy atom. The average molecular weight is 192 g/mol. The Hall–Kier alpha value is -1.55. The third-order valence-corrected chi connectivity index (χ3v) is 1.90. The van der Waals surface area contributed by atoms with E-state index in [0.717, 1.165) is 17.9 Å². The number of furan rings is 1. The molecule has 2 rings (SSSR count). The van der Waals surface area contributed by atoms with Crippen molar-refractivity contribution >= 4 is 0 Å². The molecular weight excluding hydrogens is 180 g/mol. The van der Waals surface area contributed by atoms with Crippen LogP contribution in [0.15, 0.2) is 27.2 Å². The molecule has 0 aliphatic carbocycles. The van der Waals surface area contributed by atoms with Crippen LogP contribution < -0.4 is 5.73 Å². The average Bonchev–Trinajstić information content (AvgIpc) is 2.74. The van der Waals surface area contributed by atoms with E-state index >= 15 is 0 Å². The van der Waals surface area contributed by atoms with Crippen LogP contribution in [-0.4, -0.2) is 11.5 Å². The zero-order chi connectivity index (χ0) is 9.97. The van der Waals surface area contributed by atoms with E-state index < -0.39 is 0 Å². The zero-order valence-corrected chi connectivity index (χ0v) is 7.99. The molecule has 0 aliphatic heterocycles. The van der Waals surface area contributed by atoms with Crippen LogP contribution in [0, 0.1) is 6.92 Å². The van der Waals surface area contributed by atoms with Gasteiger partial charge in [-0.1, -0.05) is 0 Å². The lowest BCUT2D eigenvalue weighted by Crippen LogP contribution is -2.02. The van der Waals surface area contributed by atoms with Gasteiger partial charge in [-0.05, 0) is 25.6 Å². The Morgan fingerprint density at radius 2 is 2.29 bits per heavy atom. The van der Waals surface area contributed by atoms with Gasteiger partial charge in [-0.15, -0.1) is 0 Å². The van der Waals surface area contributed by atoms with Crippen LogP contribution in [0.4, 0.5) is 0 Å². The van der Waals surface area contributed by atoms with Gasteiger partial charge in [0.05, 0.1) is 5.69 Å². The van der Waals surface area contributed by atoms with Crippen LogP contribution in [0.2, 0.25) is 0 Å². The molecule has 0 spiro atoms. The molecule has 0 radical (unpaired) electrons. The molecule has 0 saturated carbocycles. The Balaban J connectivity index is 2.24. The van der Waals surface area contributed by atoms with Crippen LogP contribution in [0.3, 0.4) is 0 Å². The fourth-order valence-corrected chi connectivity index (χ4v) is 1.23. The third-order valence-electron chi connectivity index (χ3n) is 1.90. The molecule has 0 amide bonds. The summed E-state index contributed by atoms with van der Waals surface area (Å²) in [5, 5.41) is 0. The second kappa shape index (κ2) is 3.67. The molecule has 4 heteroatoms. The summed E-state index contributed by atoms with van der Waals surface area (Å²) in [5.74, 6) is 2.02. The van der Waals surface area contributed by atoms with Crippen molar-refractivity contribution in [2.45, 2.75) is 13.3 Å². The molecule has 14 heavy (non-hydrogen) atoms. The largest absolute Gasteiger partial charge is 0.456 e. The number of oxazole rings is 1. The van der Waals surface area contributed by atoms with E-state index in [4.69, 9.17) is 14.6 Å². The summed E-state index contributed by atoms with van der Waals surface area (Å²) in [5.41, 5.74) is 6.27. The summed E-state index contributed by atoms with van der Waals surface area (Å²) < 4.78 is 10.6. The van der Waals surface area contributed by atoms with Crippen LogP contribution in [0.5, 0.6) is 0 Å². The monoisotopic (exact) mass is 192 g/mol. The van der Waals surface area contributed by atoms with Crippen molar-refractivity contribution < 1.29 is 8.83 Å². The first-order valence-corrected chi connectivity index (χ1v) is 4.51. The Morgan fingerprint density at radius 3 is 2.93 bits per heavy atom. The lowest BCUT2D eigenvalue weighted by atomic mass is 10.3. The fraction of sp³-hybridized carbons (Fsp3) is 0.300. The number of aromatic nitrogens is 1. The van der Waals surface area contributed by atoms with Crippen molar-refractivity contribution in [3.05, 3.63) is 29.9 Å². The van der Waals surface area contributed by atoms with Gasteiger partial charge < -0.3 is 14.6 Å². The lowest BCUT2D eigenvalue weighted by molar-refractivity contribution is 0.501. The van der Waals surface area contributed by atoms with Crippen LogP contribution in [0.1, 0.15) is 11.5 Å². The van der Waals surface area contributed by atoms with E-state index in [1.165, 1.54) is 0 Å². The predicted molar refractivity (Wildman–Crippen MR) is 51.7 cm³/mol. The van der Waals surface area contributed by atoms with Crippen molar-refractivity contribution in [1.82, 2.24) is 4.98 Å². The van der Waals surface area contributed by atoms with E-state index in [9.17, 15) is 0 Å². The second-order valence-electron chi connectivity index (χ2n) is 3.09. The standard InChI is InChI=1S/C10H12N2O2/c1-7-2-3-9(14-7)10-12-8(4-5-11)6-13-10/h2-3,6H,4-5,11H2,1H3. The van der Waals surface area contributed by atoms with Crippen LogP contribution in [-0.2, 0) is 6.42 Å². The Labute approximate surface area is 81.7 Å². The maximum Gasteiger partial charge on any atom is 0.262 e. The molecule has 0 aromatic carbocycles. The number of hydrogen-bond donors (Lipinski definition) is 1. The molecule has 0 atom stereocenters. The van der Waals surface area contributed by atoms with Gasteiger partial charge in [0.2, 0.25) is 0 Å². The van der Waals surface area contributed by atoms with Crippen molar-refractivity contribution in [2.75, 3.05) is 6.54 Å². The molecule has 0 saturated heterocycles. The van der Waals surface area contributed by atoms with E-state index in [-0.39, 0.29) is 0 Å². The summed E-state index contributed by atoms with van der Waals surface area (Å²) >= 11 is 0. The number of nitrogens with two attached hydrogens (primary N) is 1. The summed E-state index contributed by atoms with van der Waals surface area (Å²) in [4.78, 5) is 4.24. The van der Waals surface area contributed by atoms with E-state index in [0.29, 0.717) is 18.2 Å². The van der Waals surface area contributed by atoms with Crippen molar-refractivity contribution in [3.8, 4) is 11.7 Å². The smallest absolute Gasteiger partial charge is 0.262 e. The molecule has 2 aromatic heterocycles. The van der Waals surface area contributed by atoms with Gasteiger partial charge in [0.15, 0.2) is 5.76 Å². The van der Waals surface area contributed by atoms with Gasteiger partial charge in [-0.25, -0.2) is 4.98 Å². The number of hydrogen-bond acceptors (Lipinski definition) is 4. The highest BCUT2D eigenvalue weighted by Gasteiger charge is 2.09. The minimum absolute atomic E-state index is 0.515. The molecule has 74 valence electrons. The summed E-state index contributed by atoms with van der Waals surface area (Å²) in [6.07, 6.45) is 2.34. The van der Waals surface area contributed by atoms with Gasteiger partial charge in [-0.2, -0.15) is 0 Å². The highest BCUT2D eigenvalue weighted by molar-refractivity contribution is 5.44. The van der Waals surface area contributed by atoms with E-state index in [2.05, 4.69) is 4.98 Å². The van der Waals surface area contributed by atoms with Crippen molar-refractivity contribution in [1.29, 1.82) is 0 Å². The lowest BCUT2D eigenvalue weighted by Gasteiger charge is -1.87. The SMILES string of the molecule is Cc1ccc(-c2nc(CCN)co2)o1. The second-order valence-corrected chi connectivity index (χ2v) is 3.09. The Kier molecular flexibility index (Phi) is 2.37. The van der Waals surface area contributed by atoms with Gasteiger partial charge in [-0.3, -0.25) is 0 Å². The molecule has 2 heterocycles. The number of rotatable bonds is 3. The predicted octanol–water partition coefficient (Wildman–Crippen LogP) is 1.74. The highest BCUT2D eigenvalue weighted by Crippen LogP contribution is 2.20. The third kappa shape index (κ3) is 1.70. The van der Waals surface area contributed by atoms with E-state index in [1.807, 2.05) is 19.1 Å². The summed E-state index contributed by atoms with van der Waals surface area (Å²) in [6.45, 7) is 2.45. The molecule has 0 bridgehead atoms. The minimum Gasteiger partial charge on any atom is -0.456 e. The highest BCUT2D eigenvalue weighted by atomic mass is 16.4. The minimum atomic E-state index is 0.515. The maximum absolute atomic E-state index is 5.41. The molecule has 2 N–H and O–H groups in total. The van der Waals surface area contributed by atoms with Gasteiger partial charge in [0, 0.05) is 6.42 Å². The Bertz CT molecular complexity index is 417. The molecule has 0 fully saturated rings. The summed E-state index contributed by atoms with van der Waals surface area (Å²) in [7, 11) is 0. The summed E-state index contributed by atoms with van der Waals surface area (Å²) in [6, 6.07) is 3.72. The van der Waals surface area contributed by atoms with Crippen molar-refractivity contribution in [2.24, 2.45) is 5.73 Å². The van der Waals surface area contributed by atoms with Crippen molar-refractivity contribution in [3.63, 3.8) is 0 Å². The van der Waals surface area contributed by atoms with Crippen LogP contribution >= 0.6 is 0 Å². The number of nitrogens with zero attached hydrogens (tertiary/aromatic N) is 1. The van der Waals surface area contributed by atoms with Crippen LogP contribution in [0.25, 0.3) is 11.7 Å². The quantitative estimate of drug-likeness (QED) is 0.804. The topological polar surface area (TPSA) is 65.2 Å². The fourth-order valence-electron chi connectivity index (χ4n) is 1.23. The molecular formula is C10H12N2O2. The van der Waals surface area contributed by atoms with Gasteiger partial charge in [0.25, 0.3) is 5.89 Å².